The van der Waals surface area contributed by atoms with E-state index in [1.54, 1.807) is 7.11 Å². The van der Waals surface area contributed by atoms with Crippen LogP contribution in [0.2, 0.25) is 0 Å². The normalized spacial score (nSPS) is 49.6. The summed E-state index contributed by atoms with van der Waals surface area (Å²) in [7, 11) is 1.68. The predicted molar refractivity (Wildman–Crippen MR) is 172 cm³/mol. The third-order valence-corrected chi connectivity index (χ3v) is 12.6. The molecule has 7 aliphatic heterocycles. The minimum Gasteiger partial charge on any atom is -0.390 e. The molecule has 0 aromatic carbocycles. The van der Waals surface area contributed by atoms with Crippen molar-refractivity contribution in [1.29, 1.82) is 0 Å². The molecule has 7 fully saturated rings. The van der Waals surface area contributed by atoms with Gasteiger partial charge in [-0.1, -0.05) is 20.4 Å². The van der Waals surface area contributed by atoms with Crippen LogP contribution in [-0.2, 0) is 42.7 Å². The molecule has 7 rings (SSSR count). The molecule has 47 heavy (non-hydrogen) atoms. The molecule has 266 valence electrons. The fourth-order valence-corrected chi connectivity index (χ4v) is 9.60. The number of carbonyl (C=O) groups excluding carboxylic acids is 1. The second-order valence-electron chi connectivity index (χ2n) is 15.9. The number of carbonyl (C=O) groups is 1. The lowest BCUT2D eigenvalue weighted by Gasteiger charge is -2.47. The first kappa shape index (κ1) is 34.5. The second kappa shape index (κ2) is 14.3. The first-order chi connectivity index (χ1) is 22.6. The van der Waals surface area contributed by atoms with Crippen molar-refractivity contribution in [1.82, 2.24) is 0 Å². The number of ether oxygens (including phenoxy) is 8. The second-order valence-corrected chi connectivity index (χ2v) is 15.9. The molecule has 10 nitrogen and oxygen atoms in total. The van der Waals surface area contributed by atoms with Crippen LogP contribution < -0.4 is 0 Å². The Hall–Kier alpha value is -0.950. The molecule has 9 unspecified atom stereocenters. The molecule has 0 aromatic heterocycles. The maximum atomic E-state index is 13.2. The predicted octanol–water partition coefficient (Wildman–Crippen LogP) is 4.67. The summed E-state index contributed by atoms with van der Waals surface area (Å²) in [4.78, 5) is 13.2. The zero-order chi connectivity index (χ0) is 32.9. The van der Waals surface area contributed by atoms with E-state index in [0.717, 1.165) is 44.9 Å². The van der Waals surface area contributed by atoms with Gasteiger partial charge in [-0.05, 0) is 69.3 Å². The molecule has 7 saturated heterocycles. The quantitative estimate of drug-likeness (QED) is 0.314. The SMILES string of the molecule is C=C1CO[C@@H](CCC2OC(CC[C@]34C[C@@H](O)C(O3)C3CC(O4)[C@H]4OC(CC(=O)CC5[C@H](C)OC[C@@H]5OC)CCC4O3)CC2C)C[C@H]1C. The van der Waals surface area contributed by atoms with Gasteiger partial charge < -0.3 is 43.0 Å². The molecule has 0 radical (unpaired) electrons. The Kier molecular flexibility index (Phi) is 10.5. The Labute approximate surface area is 280 Å². The fraction of sp³-hybridized carbons (Fsp3) is 0.919. The highest BCUT2D eigenvalue weighted by atomic mass is 16.7. The van der Waals surface area contributed by atoms with Crippen LogP contribution in [0.3, 0.4) is 0 Å². The smallest absolute Gasteiger partial charge is 0.172 e. The van der Waals surface area contributed by atoms with Crippen LogP contribution in [0.25, 0.3) is 0 Å². The standard InChI is InChI=1S/C37H58O10/c1-20-12-25(42-18-22(20)3)6-8-30-21(2)13-27(43-30)10-11-37-17-29(39)35(47-37)32-16-33(46-37)36-31(45-32)9-7-26(44-36)14-24(38)15-28-23(4)41-19-34(28)40-5/h20-21,23,25-36,39H,3,6-19H2,1-2,4-5H3/t20-,21?,23+,25+,26?,27?,28?,29-,30?,31?,32?,33?,34+,35?,36+,37-/m1/s1. The van der Waals surface area contributed by atoms with Crippen LogP contribution in [-0.4, -0.2) is 110 Å². The highest BCUT2D eigenvalue weighted by Crippen LogP contribution is 2.48. The molecule has 16 atom stereocenters. The lowest BCUT2D eigenvalue weighted by Crippen LogP contribution is -2.58. The average molecular weight is 663 g/mol. The Morgan fingerprint density at radius 1 is 0.894 bits per heavy atom. The van der Waals surface area contributed by atoms with Crippen molar-refractivity contribution in [3.8, 4) is 0 Å². The van der Waals surface area contributed by atoms with Crippen LogP contribution in [0.15, 0.2) is 12.2 Å². The number of Topliss-reactive ketones (excluding diaryl/α,β-unsaturated/α-hetero) is 1. The molecule has 7 aliphatic rings. The van der Waals surface area contributed by atoms with Crippen LogP contribution in [0.4, 0.5) is 0 Å². The van der Waals surface area contributed by atoms with Crippen molar-refractivity contribution >= 4 is 5.78 Å². The lowest BCUT2D eigenvalue weighted by atomic mass is 9.85. The van der Waals surface area contributed by atoms with Crippen molar-refractivity contribution in [2.24, 2.45) is 17.8 Å². The van der Waals surface area contributed by atoms with Crippen LogP contribution in [0.1, 0.15) is 97.8 Å². The van der Waals surface area contributed by atoms with Gasteiger partial charge in [0, 0.05) is 45.1 Å². The Morgan fingerprint density at radius 2 is 1.74 bits per heavy atom. The van der Waals surface area contributed by atoms with Gasteiger partial charge in [0.15, 0.2) is 5.79 Å². The summed E-state index contributed by atoms with van der Waals surface area (Å²) in [5.41, 5.74) is 1.20. The van der Waals surface area contributed by atoms with E-state index in [2.05, 4.69) is 20.4 Å². The van der Waals surface area contributed by atoms with Gasteiger partial charge in [0.05, 0.1) is 74.3 Å². The summed E-state index contributed by atoms with van der Waals surface area (Å²) < 4.78 is 50.6. The van der Waals surface area contributed by atoms with Gasteiger partial charge in [-0.2, -0.15) is 0 Å². The van der Waals surface area contributed by atoms with Crippen molar-refractivity contribution in [3.05, 3.63) is 12.2 Å². The monoisotopic (exact) mass is 662 g/mol. The Bertz CT molecular complexity index is 1120. The van der Waals surface area contributed by atoms with Gasteiger partial charge in [0.1, 0.15) is 18.0 Å². The largest absolute Gasteiger partial charge is 0.390 e. The molecule has 0 aromatic rings. The number of fused-ring (bicyclic) bond motifs is 7. The van der Waals surface area contributed by atoms with Crippen LogP contribution in [0, 0.1) is 17.8 Å². The van der Waals surface area contributed by atoms with Gasteiger partial charge in [-0.15, -0.1) is 0 Å². The van der Waals surface area contributed by atoms with E-state index in [9.17, 15) is 9.90 Å². The van der Waals surface area contributed by atoms with E-state index >= 15 is 0 Å². The Morgan fingerprint density at radius 3 is 2.55 bits per heavy atom. The van der Waals surface area contributed by atoms with Crippen molar-refractivity contribution in [3.63, 3.8) is 0 Å². The molecule has 0 saturated carbocycles. The lowest BCUT2D eigenvalue weighted by molar-refractivity contribution is -0.277. The van der Waals surface area contributed by atoms with Crippen LogP contribution >= 0.6 is 0 Å². The highest BCUT2D eigenvalue weighted by molar-refractivity contribution is 5.79. The van der Waals surface area contributed by atoms with E-state index in [-0.39, 0.29) is 72.7 Å². The van der Waals surface area contributed by atoms with Crippen molar-refractivity contribution in [2.75, 3.05) is 20.3 Å². The van der Waals surface area contributed by atoms with E-state index in [0.29, 0.717) is 57.2 Å². The van der Waals surface area contributed by atoms with Gasteiger partial charge in [0.2, 0.25) is 0 Å². The van der Waals surface area contributed by atoms with Gasteiger partial charge in [-0.25, -0.2) is 0 Å². The topological polar surface area (TPSA) is 111 Å². The molecule has 0 aliphatic carbocycles. The first-order valence-electron chi connectivity index (χ1n) is 18.5. The summed E-state index contributed by atoms with van der Waals surface area (Å²) in [5.74, 6) is 0.378. The summed E-state index contributed by atoms with van der Waals surface area (Å²) in [6, 6.07) is 0. The maximum absolute atomic E-state index is 13.2. The summed E-state index contributed by atoms with van der Waals surface area (Å²) >= 11 is 0. The number of ketones is 1. The third kappa shape index (κ3) is 7.42. The zero-order valence-electron chi connectivity index (χ0n) is 28.9. The molecule has 0 spiro atoms. The molecule has 7 heterocycles. The van der Waals surface area contributed by atoms with Crippen molar-refractivity contribution in [2.45, 2.75) is 177 Å². The molecule has 1 N–H and O–H groups in total. The molecule has 10 heteroatoms. The molecular formula is C37H58O10. The van der Waals surface area contributed by atoms with Gasteiger partial charge in [-0.3, -0.25) is 4.79 Å². The molecular weight excluding hydrogens is 604 g/mol. The van der Waals surface area contributed by atoms with E-state index < -0.39 is 18.0 Å². The highest BCUT2D eigenvalue weighted by Gasteiger charge is 2.59. The Balaban J connectivity index is 0.932. The van der Waals surface area contributed by atoms with Crippen molar-refractivity contribution < 1.29 is 47.8 Å². The number of rotatable bonds is 11. The van der Waals surface area contributed by atoms with Crippen LogP contribution in [0.5, 0.6) is 0 Å². The number of hydrogen-bond acceptors (Lipinski definition) is 10. The summed E-state index contributed by atoms with van der Waals surface area (Å²) in [5, 5.41) is 11.1. The zero-order valence-corrected chi connectivity index (χ0v) is 28.9. The van der Waals surface area contributed by atoms with E-state index in [4.69, 9.17) is 37.9 Å². The summed E-state index contributed by atoms with van der Waals surface area (Å²) in [6.45, 7) is 11.9. The van der Waals surface area contributed by atoms with E-state index in [1.807, 2.05) is 6.92 Å². The van der Waals surface area contributed by atoms with Gasteiger partial charge in [0.25, 0.3) is 0 Å². The third-order valence-electron chi connectivity index (χ3n) is 12.6. The minimum atomic E-state index is -0.888. The molecule has 0 amide bonds. The number of methoxy groups -OCH3 is 1. The minimum absolute atomic E-state index is 0.00983. The fourth-order valence-electron chi connectivity index (χ4n) is 9.60. The number of hydrogen-bond donors (Lipinski definition) is 1. The average Bonchev–Trinajstić information content (AvgIpc) is 3.67. The maximum Gasteiger partial charge on any atom is 0.172 e. The first-order valence-corrected chi connectivity index (χ1v) is 18.5. The van der Waals surface area contributed by atoms with E-state index in [1.165, 1.54) is 5.57 Å². The summed E-state index contributed by atoms with van der Waals surface area (Å²) in [6.07, 6.45) is 7.55. The molecule has 4 bridgehead atoms. The number of aliphatic hydroxyl groups is 1. The number of aliphatic hydroxyl groups excluding tert-OH is 1. The van der Waals surface area contributed by atoms with Gasteiger partial charge >= 0.3 is 0 Å².